The number of benzene rings is 2. The molecule has 3 aliphatic rings. The molecule has 160 valence electrons. The van der Waals surface area contributed by atoms with Crippen LogP contribution in [0.2, 0.25) is 0 Å². The molecule has 7 heteroatoms. The fraction of sp³-hybridized carbons (Fsp3) is 0.375. The maximum absolute atomic E-state index is 12.4. The van der Waals surface area contributed by atoms with Crippen LogP contribution >= 0.6 is 0 Å². The second kappa shape index (κ2) is 8.41. The van der Waals surface area contributed by atoms with E-state index < -0.39 is 5.97 Å². The normalized spacial score (nSPS) is 21.0. The van der Waals surface area contributed by atoms with Crippen molar-refractivity contribution in [1.82, 2.24) is 9.80 Å². The number of hydrogen-bond acceptors (Lipinski definition) is 6. The van der Waals surface area contributed by atoms with E-state index in [0.29, 0.717) is 32.1 Å². The number of nitrogens with zero attached hydrogens (tertiary/aromatic N) is 3. The predicted octanol–water partition coefficient (Wildman–Crippen LogP) is 3.68. The molecule has 0 radical (unpaired) electrons. The van der Waals surface area contributed by atoms with E-state index in [1.54, 1.807) is 11.1 Å². The molecule has 2 heterocycles. The zero-order valence-corrected chi connectivity index (χ0v) is 17.3. The third-order valence-corrected chi connectivity index (χ3v) is 6.09. The number of rotatable bonds is 3. The number of aliphatic imine (C=N–C) groups is 1. The van der Waals surface area contributed by atoms with Gasteiger partial charge in [-0.15, -0.1) is 0 Å². The summed E-state index contributed by atoms with van der Waals surface area (Å²) < 4.78 is 11.1. The number of ether oxygens (including phenoxy) is 2. The Kier molecular flexibility index (Phi) is 5.32. The van der Waals surface area contributed by atoms with Gasteiger partial charge in [-0.05, 0) is 42.5 Å². The molecule has 5 rings (SSSR count). The van der Waals surface area contributed by atoms with Crippen molar-refractivity contribution in [3.63, 3.8) is 0 Å². The van der Waals surface area contributed by atoms with Crippen LogP contribution in [0.3, 0.4) is 0 Å². The van der Waals surface area contributed by atoms with Gasteiger partial charge in [0.2, 0.25) is 5.90 Å². The van der Waals surface area contributed by atoms with E-state index in [4.69, 9.17) is 9.47 Å². The van der Waals surface area contributed by atoms with E-state index in [0.717, 1.165) is 42.0 Å². The Bertz CT molecular complexity index is 1060. The van der Waals surface area contributed by atoms with Crippen molar-refractivity contribution < 1.29 is 19.1 Å². The summed E-state index contributed by atoms with van der Waals surface area (Å²) in [7, 11) is 0. The maximum Gasteiger partial charge on any atom is 0.410 e. The minimum absolute atomic E-state index is 0.0720. The molecule has 1 saturated heterocycles. The van der Waals surface area contributed by atoms with Crippen molar-refractivity contribution in [1.29, 1.82) is 0 Å². The third kappa shape index (κ3) is 4.13. The van der Waals surface area contributed by atoms with Crippen molar-refractivity contribution in [2.75, 3.05) is 26.2 Å². The Morgan fingerprint density at radius 1 is 1.03 bits per heavy atom. The fourth-order valence-corrected chi connectivity index (χ4v) is 4.36. The average Bonchev–Trinajstić information content (AvgIpc) is 3.43. The van der Waals surface area contributed by atoms with Gasteiger partial charge in [-0.2, -0.15) is 0 Å². The lowest BCUT2D eigenvalue weighted by atomic mass is 10.0. The zero-order chi connectivity index (χ0) is 21.2. The number of carbonyl (C=O) groups is 2. The Morgan fingerprint density at radius 2 is 1.77 bits per heavy atom. The maximum atomic E-state index is 12.4. The molecule has 0 unspecified atom stereocenters. The van der Waals surface area contributed by atoms with Gasteiger partial charge in [0, 0.05) is 37.9 Å². The lowest BCUT2D eigenvalue weighted by Gasteiger charge is -2.34. The lowest BCUT2D eigenvalue weighted by molar-refractivity contribution is -0.130. The van der Waals surface area contributed by atoms with Gasteiger partial charge in [-0.1, -0.05) is 36.4 Å². The Labute approximate surface area is 180 Å². The van der Waals surface area contributed by atoms with Gasteiger partial charge >= 0.3 is 12.1 Å². The molecule has 0 aromatic heterocycles. The van der Waals surface area contributed by atoms with Crippen LogP contribution in [0, 0.1) is 0 Å². The SMILES string of the molecule is O=C1OC(c2cccc3ccccc23)=NC1=CN1CCN(C(=O)OC2CCCC2)CC1. The highest BCUT2D eigenvalue weighted by Crippen LogP contribution is 2.25. The van der Waals surface area contributed by atoms with Crippen LogP contribution in [-0.2, 0) is 14.3 Å². The molecule has 0 spiro atoms. The summed E-state index contributed by atoms with van der Waals surface area (Å²) in [6.07, 6.45) is 5.79. The van der Waals surface area contributed by atoms with E-state index in [2.05, 4.69) is 4.99 Å². The summed E-state index contributed by atoms with van der Waals surface area (Å²) in [6, 6.07) is 13.8. The van der Waals surface area contributed by atoms with E-state index in [1.165, 1.54) is 0 Å². The monoisotopic (exact) mass is 419 g/mol. The predicted molar refractivity (Wildman–Crippen MR) is 117 cm³/mol. The Hall–Kier alpha value is -3.35. The molecule has 0 N–H and O–H groups in total. The largest absolute Gasteiger partial charge is 0.446 e. The summed E-state index contributed by atoms with van der Waals surface area (Å²) in [4.78, 5) is 33.0. The summed E-state index contributed by atoms with van der Waals surface area (Å²) in [6.45, 7) is 2.36. The first-order valence-corrected chi connectivity index (χ1v) is 10.9. The van der Waals surface area contributed by atoms with Gasteiger partial charge in [0.1, 0.15) is 6.10 Å². The van der Waals surface area contributed by atoms with E-state index in [-0.39, 0.29) is 17.9 Å². The minimum Gasteiger partial charge on any atom is -0.446 e. The smallest absolute Gasteiger partial charge is 0.410 e. The molecule has 2 fully saturated rings. The topological polar surface area (TPSA) is 71.4 Å². The molecule has 7 nitrogen and oxygen atoms in total. The van der Waals surface area contributed by atoms with Gasteiger partial charge in [0.05, 0.1) is 0 Å². The molecule has 0 bridgehead atoms. The molecular formula is C24H25N3O4. The van der Waals surface area contributed by atoms with E-state index in [9.17, 15) is 9.59 Å². The summed E-state index contributed by atoms with van der Waals surface area (Å²) >= 11 is 0. The van der Waals surface area contributed by atoms with Gasteiger partial charge in [-0.25, -0.2) is 14.6 Å². The number of cyclic esters (lactones) is 1. The average molecular weight is 419 g/mol. The first kappa shape index (κ1) is 19.6. The second-order valence-corrected chi connectivity index (χ2v) is 8.16. The Morgan fingerprint density at radius 3 is 2.58 bits per heavy atom. The second-order valence-electron chi connectivity index (χ2n) is 8.16. The van der Waals surface area contributed by atoms with E-state index >= 15 is 0 Å². The first-order chi connectivity index (χ1) is 15.2. The number of fused-ring (bicyclic) bond motifs is 1. The van der Waals surface area contributed by atoms with Crippen LogP contribution in [0.1, 0.15) is 31.2 Å². The summed E-state index contributed by atoms with van der Waals surface area (Å²) in [5.74, 6) is -0.127. The molecule has 0 atom stereocenters. The highest BCUT2D eigenvalue weighted by atomic mass is 16.6. The molecule has 1 saturated carbocycles. The molecule has 1 aliphatic carbocycles. The Balaban J connectivity index is 1.25. The number of amides is 1. The quantitative estimate of drug-likeness (QED) is 0.561. The highest BCUT2D eigenvalue weighted by Gasteiger charge is 2.28. The molecular weight excluding hydrogens is 394 g/mol. The van der Waals surface area contributed by atoms with Gasteiger partial charge < -0.3 is 19.3 Å². The van der Waals surface area contributed by atoms with E-state index in [1.807, 2.05) is 47.4 Å². The summed E-state index contributed by atoms with van der Waals surface area (Å²) in [5, 5.41) is 2.06. The molecule has 2 aromatic carbocycles. The fourth-order valence-electron chi connectivity index (χ4n) is 4.36. The zero-order valence-electron chi connectivity index (χ0n) is 17.3. The number of carbonyl (C=O) groups excluding carboxylic acids is 2. The van der Waals surface area contributed by atoms with Crippen LogP contribution in [0.4, 0.5) is 4.79 Å². The molecule has 31 heavy (non-hydrogen) atoms. The number of piperazine rings is 1. The first-order valence-electron chi connectivity index (χ1n) is 10.9. The van der Waals surface area contributed by atoms with Crippen molar-refractivity contribution in [2.24, 2.45) is 4.99 Å². The van der Waals surface area contributed by atoms with Gasteiger partial charge in [0.25, 0.3) is 0 Å². The van der Waals surface area contributed by atoms with Crippen molar-refractivity contribution in [3.8, 4) is 0 Å². The van der Waals surface area contributed by atoms with Crippen LogP contribution in [0.15, 0.2) is 59.4 Å². The van der Waals surface area contributed by atoms with Gasteiger partial charge in [0.15, 0.2) is 5.70 Å². The molecule has 2 aliphatic heterocycles. The van der Waals surface area contributed by atoms with Crippen molar-refractivity contribution in [2.45, 2.75) is 31.8 Å². The minimum atomic E-state index is -0.453. The van der Waals surface area contributed by atoms with Gasteiger partial charge in [-0.3, -0.25) is 0 Å². The van der Waals surface area contributed by atoms with Crippen LogP contribution in [-0.4, -0.2) is 60.0 Å². The highest BCUT2D eigenvalue weighted by molar-refractivity contribution is 6.16. The molecule has 1 amide bonds. The number of esters is 1. The van der Waals surface area contributed by atoms with Crippen molar-refractivity contribution >= 4 is 28.7 Å². The van der Waals surface area contributed by atoms with Crippen LogP contribution in [0.25, 0.3) is 10.8 Å². The number of hydrogen-bond donors (Lipinski definition) is 0. The lowest BCUT2D eigenvalue weighted by Crippen LogP contribution is -2.47. The summed E-state index contributed by atoms with van der Waals surface area (Å²) in [5.41, 5.74) is 1.08. The third-order valence-electron chi connectivity index (χ3n) is 6.09. The van der Waals surface area contributed by atoms with Crippen LogP contribution in [0.5, 0.6) is 0 Å². The van der Waals surface area contributed by atoms with Crippen molar-refractivity contribution in [3.05, 3.63) is 59.9 Å². The standard InChI is InChI=1S/C24H25N3O4/c28-23-21(25-22(31-23)20-11-5-7-17-6-1-4-10-19(17)20)16-26-12-14-27(15-13-26)24(29)30-18-8-2-3-9-18/h1,4-7,10-11,16,18H,2-3,8-9,12-15H2. The molecule has 2 aromatic rings. The van der Waals surface area contributed by atoms with Crippen LogP contribution < -0.4 is 0 Å².